The van der Waals surface area contributed by atoms with Crippen molar-refractivity contribution < 1.29 is 10.9 Å². The lowest BCUT2D eigenvalue weighted by atomic mass is 10.2. The molecular weight excluding hydrogens is 200 g/mol. The number of rotatable bonds is 3. The molecule has 2 heteroatoms. The molecule has 0 aliphatic carbocycles. The molecule has 0 heterocycles. The molecule has 0 unspecified atom stereocenters. The van der Waals surface area contributed by atoms with Crippen molar-refractivity contribution in [1.29, 1.82) is 0 Å². The average Bonchev–Trinajstić information content (AvgIpc) is 2.38. The number of ether oxygens (including phenoxy) is 1. The number of hydrogen-bond acceptors (Lipinski definition) is 2. The van der Waals surface area contributed by atoms with Crippen molar-refractivity contribution >= 4 is 5.97 Å². The molecule has 2 aromatic carbocycles. The molecule has 0 amide bonds. The van der Waals surface area contributed by atoms with Crippen molar-refractivity contribution in [2.45, 2.75) is 6.61 Å². The van der Waals surface area contributed by atoms with E-state index in [2.05, 4.69) is 0 Å². The number of carbonyl (C=O) groups is 1. The topological polar surface area (TPSA) is 26.3 Å². The van der Waals surface area contributed by atoms with Crippen LogP contribution in [0.1, 0.15) is 17.3 Å². The maximum atomic E-state index is 11.7. The van der Waals surface area contributed by atoms with Crippen molar-refractivity contribution in [1.82, 2.24) is 0 Å². The van der Waals surface area contributed by atoms with E-state index in [1.165, 1.54) is 0 Å². The minimum absolute atomic E-state index is 0.186. The minimum Gasteiger partial charge on any atom is -0.457 e. The Morgan fingerprint density at radius 1 is 1.06 bits per heavy atom. The molecule has 2 rings (SSSR count). The van der Waals surface area contributed by atoms with Crippen LogP contribution in [0.15, 0.2) is 60.6 Å². The Kier molecular flexibility index (Phi) is 2.93. The van der Waals surface area contributed by atoms with Gasteiger partial charge in [0, 0.05) is 0 Å². The molecule has 0 saturated carbocycles. The SMILES string of the molecule is [2H]c1ccccc1C(=O)OCc1ccccc1. The van der Waals surface area contributed by atoms with Crippen LogP contribution in [0.5, 0.6) is 0 Å². The Morgan fingerprint density at radius 3 is 2.50 bits per heavy atom. The van der Waals surface area contributed by atoms with Crippen molar-refractivity contribution in [3.8, 4) is 0 Å². The summed E-state index contributed by atoms with van der Waals surface area (Å²) >= 11 is 0. The molecule has 0 N–H and O–H groups in total. The molecular formula is C14H12O2. The molecule has 2 nitrogen and oxygen atoms in total. The van der Waals surface area contributed by atoms with Gasteiger partial charge in [0.05, 0.1) is 6.93 Å². The molecule has 0 atom stereocenters. The highest BCUT2D eigenvalue weighted by Crippen LogP contribution is 2.05. The maximum Gasteiger partial charge on any atom is 0.338 e. The molecule has 0 spiro atoms. The fraction of sp³-hybridized carbons (Fsp3) is 0.0714. The summed E-state index contributed by atoms with van der Waals surface area (Å²) in [5.74, 6) is -0.459. The monoisotopic (exact) mass is 213 g/mol. The van der Waals surface area contributed by atoms with Crippen LogP contribution >= 0.6 is 0 Å². The zero-order valence-electron chi connectivity index (χ0n) is 9.72. The van der Waals surface area contributed by atoms with Crippen molar-refractivity contribution in [3.63, 3.8) is 0 Å². The second-order valence-corrected chi connectivity index (χ2v) is 3.34. The van der Waals surface area contributed by atoms with Crippen LogP contribution in [-0.4, -0.2) is 5.97 Å². The largest absolute Gasteiger partial charge is 0.457 e. The first-order chi connectivity index (χ1) is 8.27. The summed E-state index contributed by atoms with van der Waals surface area (Å²) in [6.07, 6.45) is 0. The first kappa shape index (κ1) is 9.16. The molecule has 0 aliphatic heterocycles. The molecule has 0 aromatic heterocycles. The lowest BCUT2D eigenvalue weighted by Gasteiger charge is -2.04. The molecule has 0 radical (unpaired) electrons. The molecule has 0 fully saturated rings. The zero-order valence-corrected chi connectivity index (χ0v) is 8.72. The number of carbonyl (C=O) groups excluding carboxylic acids is 1. The number of benzene rings is 2. The Balaban J connectivity index is 2.01. The van der Waals surface area contributed by atoms with Gasteiger partial charge in [-0.3, -0.25) is 0 Å². The van der Waals surface area contributed by atoms with E-state index in [4.69, 9.17) is 6.11 Å². The molecule has 80 valence electrons. The van der Waals surface area contributed by atoms with Crippen molar-refractivity contribution in [2.24, 2.45) is 0 Å². The van der Waals surface area contributed by atoms with Gasteiger partial charge in [-0.15, -0.1) is 0 Å². The van der Waals surface area contributed by atoms with E-state index in [0.717, 1.165) is 5.56 Å². The fourth-order valence-corrected chi connectivity index (χ4v) is 1.32. The van der Waals surface area contributed by atoms with Gasteiger partial charge in [0.1, 0.15) is 6.61 Å². The van der Waals surface area contributed by atoms with Gasteiger partial charge in [0.15, 0.2) is 0 Å². The highest BCUT2D eigenvalue weighted by molar-refractivity contribution is 5.89. The Labute approximate surface area is 95.9 Å². The maximum absolute atomic E-state index is 11.7. The zero-order chi connectivity index (χ0) is 12.1. The Morgan fingerprint density at radius 2 is 1.75 bits per heavy atom. The van der Waals surface area contributed by atoms with Gasteiger partial charge in [-0.1, -0.05) is 48.5 Å². The first-order valence-electron chi connectivity index (χ1n) is 5.54. The van der Waals surface area contributed by atoms with Gasteiger partial charge in [-0.2, -0.15) is 0 Å². The summed E-state index contributed by atoms with van der Waals surface area (Å²) in [6, 6.07) is 16.3. The van der Waals surface area contributed by atoms with Gasteiger partial charge >= 0.3 is 5.97 Å². The van der Waals surface area contributed by atoms with E-state index in [9.17, 15) is 4.79 Å². The first-order valence-corrected chi connectivity index (χ1v) is 5.04. The number of hydrogen-bond donors (Lipinski definition) is 0. The Hall–Kier alpha value is -2.09. The van der Waals surface area contributed by atoms with Gasteiger partial charge in [-0.05, 0) is 17.7 Å². The molecule has 16 heavy (non-hydrogen) atoms. The summed E-state index contributed by atoms with van der Waals surface area (Å²) in [7, 11) is 0. The van der Waals surface area contributed by atoms with Gasteiger partial charge < -0.3 is 4.74 Å². The standard InChI is InChI=1S/C14H12O2/c15-14(13-9-5-2-6-10-13)16-11-12-7-3-1-4-8-12/h1-10H,11H2/i9D. The predicted molar refractivity (Wildman–Crippen MR) is 62.0 cm³/mol. The van der Waals surface area contributed by atoms with Crippen LogP contribution in [0.3, 0.4) is 0 Å². The van der Waals surface area contributed by atoms with Crippen molar-refractivity contribution in [3.05, 3.63) is 71.8 Å². The second kappa shape index (κ2) is 5.12. The van der Waals surface area contributed by atoms with E-state index in [-0.39, 0.29) is 12.6 Å². The van der Waals surface area contributed by atoms with Gasteiger partial charge in [-0.25, -0.2) is 4.79 Å². The lowest BCUT2D eigenvalue weighted by molar-refractivity contribution is 0.0472. The van der Waals surface area contributed by atoms with Crippen LogP contribution in [0.2, 0.25) is 0 Å². The van der Waals surface area contributed by atoms with Gasteiger partial charge in [0.2, 0.25) is 0 Å². The minimum atomic E-state index is -0.459. The van der Waals surface area contributed by atoms with E-state index < -0.39 is 5.97 Å². The van der Waals surface area contributed by atoms with Gasteiger partial charge in [0.25, 0.3) is 0 Å². The van der Waals surface area contributed by atoms with E-state index in [1.807, 2.05) is 30.3 Å². The summed E-state index contributed by atoms with van der Waals surface area (Å²) in [5, 5.41) is 0. The highest BCUT2D eigenvalue weighted by atomic mass is 16.5. The number of esters is 1. The third kappa shape index (κ3) is 2.70. The third-order valence-electron chi connectivity index (χ3n) is 2.14. The van der Waals surface area contributed by atoms with Crippen LogP contribution in [0.25, 0.3) is 0 Å². The quantitative estimate of drug-likeness (QED) is 0.732. The smallest absolute Gasteiger partial charge is 0.338 e. The Bertz CT molecular complexity index is 509. The van der Waals surface area contributed by atoms with Crippen LogP contribution in [0, 0.1) is 0 Å². The highest BCUT2D eigenvalue weighted by Gasteiger charge is 2.05. The normalized spacial score (nSPS) is 10.6. The molecule has 0 saturated heterocycles. The van der Waals surface area contributed by atoms with E-state index in [1.54, 1.807) is 24.3 Å². The van der Waals surface area contributed by atoms with Crippen LogP contribution < -0.4 is 0 Å². The third-order valence-corrected chi connectivity index (χ3v) is 2.14. The summed E-state index contributed by atoms with van der Waals surface area (Å²) in [6.45, 7) is 0.230. The van der Waals surface area contributed by atoms with Crippen molar-refractivity contribution in [2.75, 3.05) is 0 Å². The predicted octanol–water partition coefficient (Wildman–Crippen LogP) is 3.04. The fourth-order valence-electron chi connectivity index (χ4n) is 1.32. The summed E-state index contributed by atoms with van der Waals surface area (Å²) < 4.78 is 12.7. The summed E-state index contributed by atoms with van der Waals surface area (Å²) in [4.78, 5) is 11.7. The van der Waals surface area contributed by atoms with E-state index in [0.29, 0.717) is 5.56 Å². The van der Waals surface area contributed by atoms with E-state index >= 15 is 0 Å². The molecule has 2 aromatic rings. The molecule has 0 aliphatic rings. The second-order valence-electron chi connectivity index (χ2n) is 3.34. The lowest BCUT2D eigenvalue weighted by Crippen LogP contribution is -2.04. The van der Waals surface area contributed by atoms with Crippen LogP contribution in [-0.2, 0) is 11.3 Å². The van der Waals surface area contributed by atoms with Crippen LogP contribution in [0.4, 0.5) is 0 Å². The molecule has 0 bridgehead atoms. The summed E-state index contributed by atoms with van der Waals surface area (Å²) in [5.41, 5.74) is 1.23. The average molecular weight is 213 g/mol.